The molecular formula is C19H23N5O2. The number of amides is 1. The van der Waals surface area contributed by atoms with E-state index in [1.165, 1.54) is 12.8 Å². The van der Waals surface area contributed by atoms with Crippen molar-refractivity contribution in [3.05, 3.63) is 42.4 Å². The van der Waals surface area contributed by atoms with E-state index in [4.69, 9.17) is 4.74 Å². The molecule has 1 saturated heterocycles. The molecule has 2 heterocycles. The Morgan fingerprint density at radius 2 is 1.81 bits per heavy atom. The molecule has 0 bridgehead atoms. The van der Waals surface area contributed by atoms with Crippen LogP contribution < -0.4 is 15.0 Å². The number of hydrogen-bond acceptors (Lipinski definition) is 6. The lowest BCUT2D eigenvalue weighted by Gasteiger charge is -2.36. The highest BCUT2D eigenvalue weighted by Crippen LogP contribution is 2.23. The number of piperazine rings is 1. The summed E-state index contributed by atoms with van der Waals surface area (Å²) in [5, 5.41) is 3.28. The van der Waals surface area contributed by atoms with Crippen molar-refractivity contribution in [3.63, 3.8) is 0 Å². The third-order valence-electron chi connectivity index (χ3n) is 4.80. The number of methoxy groups -OCH3 is 1. The van der Waals surface area contributed by atoms with Crippen molar-refractivity contribution < 1.29 is 9.53 Å². The van der Waals surface area contributed by atoms with E-state index in [1.54, 1.807) is 19.5 Å². The maximum Gasteiger partial charge on any atom is 0.274 e. The Morgan fingerprint density at radius 3 is 2.38 bits per heavy atom. The summed E-state index contributed by atoms with van der Waals surface area (Å²) in [6.45, 7) is 2.95. The number of hydrogen-bond donors (Lipinski definition) is 1. The van der Waals surface area contributed by atoms with E-state index >= 15 is 0 Å². The highest BCUT2D eigenvalue weighted by Gasteiger charge is 2.24. The van der Waals surface area contributed by atoms with Crippen molar-refractivity contribution in [2.45, 2.75) is 18.9 Å². The molecular weight excluding hydrogens is 330 g/mol. The first-order valence-corrected chi connectivity index (χ1v) is 9.00. The van der Waals surface area contributed by atoms with Crippen molar-refractivity contribution in [2.24, 2.45) is 0 Å². The van der Waals surface area contributed by atoms with Gasteiger partial charge in [-0.3, -0.25) is 4.79 Å². The van der Waals surface area contributed by atoms with Crippen LogP contribution in [0.2, 0.25) is 0 Å². The van der Waals surface area contributed by atoms with E-state index in [2.05, 4.69) is 20.2 Å². The first-order chi connectivity index (χ1) is 12.7. The smallest absolute Gasteiger partial charge is 0.274 e. The number of carbonyl (C=O) groups is 1. The zero-order chi connectivity index (χ0) is 17.9. The van der Waals surface area contributed by atoms with Gasteiger partial charge in [0.05, 0.1) is 19.5 Å². The fourth-order valence-electron chi connectivity index (χ4n) is 3.07. The number of nitrogens with one attached hydrogen (secondary N) is 1. The maximum atomic E-state index is 12.6. The monoisotopic (exact) mass is 353 g/mol. The lowest BCUT2D eigenvalue weighted by molar-refractivity contribution is 0.0740. The molecule has 1 aliphatic heterocycles. The van der Waals surface area contributed by atoms with Crippen molar-refractivity contribution in [1.82, 2.24) is 14.9 Å². The molecule has 7 nitrogen and oxygen atoms in total. The van der Waals surface area contributed by atoms with Crippen molar-refractivity contribution in [2.75, 3.05) is 43.5 Å². The van der Waals surface area contributed by atoms with E-state index in [-0.39, 0.29) is 5.91 Å². The molecule has 1 aliphatic carbocycles. The van der Waals surface area contributed by atoms with Crippen LogP contribution in [0.1, 0.15) is 23.3 Å². The van der Waals surface area contributed by atoms with Gasteiger partial charge < -0.3 is 19.9 Å². The molecule has 1 aromatic heterocycles. The zero-order valence-electron chi connectivity index (χ0n) is 14.9. The van der Waals surface area contributed by atoms with Gasteiger partial charge in [-0.2, -0.15) is 0 Å². The fourth-order valence-corrected chi connectivity index (χ4v) is 3.07. The molecule has 136 valence electrons. The SMILES string of the molecule is COc1ccc(N2CCN(C(=O)c3cnc(NC4CC4)cn3)CC2)cc1. The minimum atomic E-state index is -0.0511. The third kappa shape index (κ3) is 3.71. The second kappa shape index (κ2) is 7.19. The fraction of sp³-hybridized carbons (Fsp3) is 0.421. The van der Waals surface area contributed by atoms with Crippen LogP contribution in [-0.4, -0.2) is 60.1 Å². The Kier molecular flexibility index (Phi) is 4.60. The normalized spacial score (nSPS) is 17.1. The molecule has 0 atom stereocenters. The van der Waals surface area contributed by atoms with Gasteiger partial charge in [0.25, 0.3) is 5.91 Å². The predicted octanol–water partition coefficient (Wildman–Crippen LogP) is 2.02. The van der Waals surface area contributed by atoms with Crippen molar-refractivity contribution in [1.29, 1.82) is 0 Å². The maximum absolute atomic E-state index is 12.6. The van der Waals surface area contributed by atoms with Gasteiger partial charge in [0, 0.05) is 37.9 Å². The van der Waals surface area contributed by atoms with Gasteiger partial charge in [-0.15, -0.1) is 0 Å². The predicted molar refractivity (Wildman–Crippen MR) is 99.8 cm³/mol. The van der Waals surface area contributed by atoms with E-state index in [0.717, 1.165) is 30.3 Å². The molecule has 1 aromatic carbocycles. The summed E-state index contributed by atoms with van der Waals surface area (Å²) in [7, 11) is 1.66. The minimum Gasteiger partial charge on any atom is -0.497 e. The molecule has 1 N–H and O–H groups in total. The van der Waals surface area contributed by atoms with E-state index in [0.29, 0.717) is 24.8 Å². The van der Waals surface area contributed by atoms with Crippen LogP contribution in [0.3, 0.4) is 0 Å². The number of anilines is 2. The average Bonchev–Trinajstić information content (AvgIpc) is 3.52. The molecule has 0 radical (unpaired) electrons. The Bertz CT molecular complexity index is 751. The largest absolute Gasteiger partial charge is 0.497 e. The van der Waals surface area contributed by atoms with Gasteiger partial charge in [0.15, 0.2) is 0 Å². The van der Waals surface area contributed by atoms with Crippen LogP contribution in [0.25, 0.3) is 0 Å². The molecule has 0 unspecified atom stereocenters. The van der Waals surface area contributed by atoms with Crippen LogP contribution in [0, 0.1) is 0 Å². The van der Waals surface area contributed by atoms with Gasteiger partial charge >= 0.3 is 0 Å². The summed E-state index contributed by atoms with van der Waals surface area (Å²) in [4.78, 5) is 25.4. The Labute approximate surface area is 153 Å². The first kappa shape index (κ1) is 16.6. The quantitative estimate of drug-likeness (QED) is 0.887. The number of nitrogens with zero attached hydrogens (tertiary/aromatic N) is 4. The van der Waals surface area contributed by atoms with Crippen LogP contribution >= 0.6 is 0 Å². The molecule has 2 aromatic rings. The van der Waals surface area contributed by atoms with Crippen molar-refractivity contribution >= 4 is 17.4 Å². The second-order valence-corrected chi connectivity index (χ2v) is 6.68. The van der Waals surface area contributed by atoms with E-state index in [9.17, 15) is 4.79 Å². The lowest BCUT2D eigenvalue weighted by Crippen LogP contribution is -2.49. The second-order valence-electron chi connectivity index (χ2n) is 6.68. The van der Waals surface area contributed by atoms with Crippen LogP contribution in [0.15, 0.2) is 36.7 Å². The highest BCUT2D eigenvalue weighted by molar-refractivity contribution is 5.92. The Hall–Kier alpha value is -2.83. The van der Waals surface area contributed by atoms with Gasteiger partial charge in [0.2, 0.25) is 0 Å². The zero-order valence-corrected chi connectivity index (χ0v) is 14.9. The van der Waals surface area contributed by atoms with E-state index in [1.807, 2.05) is 29.2 Å². The standard InChI is InChI=1S/C19H23N5O2/c1-26-16-6-4-15(5-7-16)23-8-10-24(11-9-23)19(25)17-12-21-18(13-20-17)22-14-2-3-14/h4-7,12-14H,2-3,8-11H2,1H3,(H,21,22). The summed E-state index contributed by atoms with van der Waals surface area (Å²) in [6.07, 6.45) is 5.59. The molecule has 26 heavy (non-hydrogen) atoms. The lowest BCUT2D eigenvalue weighted by atomic mass is 10.2. The minimum absolute atomic E-state index is 0.0511. The molecule has 1 saturated carbocycles. The molecule has 2 fully saturated rings. The van der Waals surface area contributed by atoms with Gasteiger partial charge in [-0.25, -0.2) is 9.97 Å². The first-order valence-electron chi connectivity index (χ1n) is 9.00. The highest BCUT2D eigenvalue weighted by atomic mass is 16.5. The van der Waals surface area contributed by atoms with Gasteiger partial charge in [-0.1, -0.05) is 0 Å². The number of rotatable bonds is 5. The molecule has 4 rings (SSSR count). The number of carbonyl (C=O) groups excluding carboxylic acids is 1. The Morgan fingerprint density at radius 1 is 1.08 bits per heavy atom. The topological polar surface area (TPSA) is 70.6 Å². The van der Waals surface area contributed by atoms with Gasteiger partial charge in [-0.05, 0) is 37.1 Å². The summed E-state index contributed by atoms with van der Waals surface area (Å²) in [5.74, 6) is 1.54. The number of aromatic nitrogens is 2. The number of ether oxygens (including phenoxy) is 1. The molecule has 7 heteroatoms. The Balaban J connectivity index is 1.33. The summed E-state index contributed by atoms with van der Waals surface area (Å²) < 4.78 is 5.20. The van der Waals surface area contributed by atoms with E-state index < -0.39 is 0 Å². The van der Waals surface area contributed by atoms with Crippen LogP contribution in [0.5, 0.6) is 5.75 Å². The molecule has 2 aliphatic rings. The average molecular weight is 353 g/mol. The number of benzene rings is 1. The molecule has 0 spiro atoms. The summed E-state index contributed by atoms with van der Waals surface area (Å²) >= 11 is 0. The molecule has 1 amide bonds. The van der Waals surface area contributed by atoms with Crippen LogP contribution in [0.4, 0.5) is 11.5 Å². The third-order valence-corrected chi connectivity index (χ3v) is 4.80. The van der Waals surface area contributed by atoms with Gasteiger partial charge in [0.1, 0.15) is 17.3 Å². The van der Waals surface area contributed by atoms with Crippen molar-refractivity contribution in [3.8, 4) is 5.75 Å². The summed E-state index contributed by atoms with van der Waals surface area (Å²) in [5.41, 5.74) is 1.55. The van der Waals surface area contributed by atoms with Crippen LogP contribution in [-0.2, 0) is 0 Å². The summed E-state index contributed by atoms with van der Waals surface area (Å²) in [6, 6.07) is 8.54.